The summed E-state index contributed by atoms with van der Waals surface area (Å²) in [5, 5.41) is 0.219. The topological polar surface area (TPSA) is 63.6 Å². The van der Waals surface area contributed by atoms with Crippen LogP contribution in [-0.2, 0) is 21.8 Å². The van der Waals surface area contributed by atoms with Crippen molar-refractivity contribution < 1.29 is 13.2 Å². The van der Waals surface area contributed by atoms with Crippen molar-refractivity contribution >= 4 is 21.6 Å². The van der Waals surface area contributed by atoms with E-state index in [4.69, 9.17) is 16.3 Å². The van der Waals surface area contributed by atoms with Crippen LogP contribution in [0.3, 0.4) is 0 Å². The molecule has 25 heavy (non-hydrogen) atoms. The first-order valence-electron chi connectivity index (χ1n) is 8.16. The van der Waals surface area contributed by atoms with Gasteiger partial charge >= 0.3 is 0 Å². The summed E-state index contributed by atoms with van der Waals surface area (Å²) in [6.45, 7) is 3.11. The molecule has 2 heterocycles. The Labute approximate surface area is 153 Å². The number of hydrogen-bond acceptors (Lipinski definition) is 4. The van der Waals surface area contributed by atoms with Gasteiger partial charge in [-0.05, 0) is 24.3 Å². The lowest BCUT2D eigenvalue weighted by Gasteiger charge is -2.34. The van der Waals surface area contributed by atoms with Gasteiger partial charge in [0.1, 0.15) is 4.90 Å². The molecule has 2 aromatic rings. The maximum atomic E-state index is 12.6. The molecule has 8 heteroatoms. The second-order valence-electron chi connectivity index (χ2n) is 5.99. The van der Waals surface area contributed by atoms with E-state index in [1.165, 1.54) is 6.07 Å². The molecule has 0 unspecified atom stereocenters. The molecule has 1 N–H and O–H groups in total. The Bertz CT molecular complexity index is 816. The van der Waals surface area contributed by atoms with Crippen molar-refractivity contribution in [3.8, 4) is 0 Å². The highest BCUT2D eigenvalue weighted by atomic mass is 35.5. The maximum Gasteiger partial charge on any atom is 0.242 e. The molecule has 1 saturated heterocycles. The predicted octanol–water partition coefficient (Wildman–Crippen LogP) is 2.03. The van der Waals surface area contributed by atoms with E-state index < -0.39 is 10.0 Å². The average molecular weight is 384 g/mol. The van der Waals surface area contributed by atoms with Crippen LogP contribution in [0.15, 0.2) is 47.5 Å². The number of morpholine rings is 1. The summed E-state index contributed by atoms with van der Waals surface area (Å²) in [4.78, 5) is 2.35. The predicted molar refractivity (Wildman–Crippen MR) is 97.2 cm³/mol. The summed E-state index contributed by atoms with van der Waals surface area (Å²) < 4.78 is 35.5. The Hall–Kier alpha value is -1.38. The van der Waals surface area contributed by atoms with E-state index >= 15 is 0 Å². The van der Waals surface area contributed by atoms with Gasteiger partial charge in [-0.25, -0.2) is 13.1 Å². The fourth-order valence-electron chi connectivity index (χ4n) is 3.06. The Morgan fingerprint density at radius 2 is 1.92 bits per heavy atom. The third-order valence-corrected chi connectivity index (χ3v) is 6.33. The van der Waals surface area contributed by atoms with Gasteiger partial charge in [0.15, 0.2) is 0 Å². The Morgan fingerprint density at radius 3 is 2.56 bits per heavy atom. The van der Waals surface area contributed by atoms with Gasteiger partial charge in [-0.1, -0.05) is 23.7 Å². The van der Waals surface area contributed by atoms with Crippen molar-refractivity contribution in [1.82, 2.24) is 14.2 Å². The molecule has 0 bridgehead atoms. The summed E-state index contributed by atoms with van der Waals surface area (Å²) in [6, 6.07) is 10.4. The Kier molecular flexibility index (Phi) is 5.81. The van der Waals surface area contributed by atoms with Gasteiger partial charge < -0.3 is 9.30 Å². The first-order valence-corrected chi connectivity index (χ1v) is 10.0. The normalized spacial score (nSPS) is 17.5. The number of aryl methyl sites for hydroxylation is 1. The fourth-order valence-corrected chi connectivity index (χ4v) is 4.62. The average Bonchev–Trinajstić information content (AvgIpc) is 3.02. The lowest BCUT2D eigenvalue weighted by atomic mass is 10.1. The SMILES string of the molecule is Cn1cccc1[C@H](CNS(=O)(=O)c1ccccc1Cl)N1CCOCC1. The third kappa shape index (κ3) is 4.24. The van der Waals surface area contributed by atoms with Crippen LogP contribution in [0.25, 0.3) is 0 Å². The van der Waals surface area contributed by atoms with Gasteiger partial charge in [0.05, 0.1) is 24.3 Å². The number of halogens is 1. The standard InChI is InChI=1S/C17H22ClN3O3S/c1-20-8-4-6-15(20)16(21-9-11-24-12-10-21)13-19-25(22,23)17-7-3-2-5-14(17)18/h2-8,16,19H,9-13H2,1H3/t16-/m0/s1. The minimum Gasteiger partial charge on any atom is -0.379 e. The molecule has 0 amide bonds. The quantitative estimate of drug-likeness (QED) is 0.829. The van der Waals surface area contributed by atoms with Crippen LogP contribution >= 0.6 is 11.6 Å². The molecule has 1 aromatic carbocycles. The molecule has 1 aromatic heterocycles. The molecular formula is C17H22ClN3O3S. The van der Waals surface area contributed by atoms with Crippen molar-refractivity contribution in [2.24, 2.45) is 7.05 Å². The van der Waals surface area contributed by atoms with Gasteiger partial charge in [0.25, 0.3) is 0 Å². The second-order valence-corrected chi connectivity index (χ2v) is 8.13. The highest BCUT2D eigenvalue weighted by Crippen LogP contribution is 2.24. The molecule has 0 aliphatic carbocycles. The molecule has 136 valence electrons. The number of nitrogens with one attached hydrogen (secondary N) is 1. The van der Waals surface area contributed by atoms with Crippen LogP contribution in [0.1, 0.15) is 11.7 Å². The Balaban J connectivity index is 1.81. The van der Waals surface area contributed by atoms with Gasteiger partial charge in [-0.15, -0.1) is 0 Å². The molecule has 0 spiro atoms. The van der Waals surface area contributed by atoms with Crippen LogP contribution < -0.4 is 4.72 Å². The number of ether oxygens (including phenoxy) is 1. The third-order valence-electron chi connectivity index (χ3n) is 4.40. The van der Waals surface area contributed by atoms with Crippen LogP contribution in [0.2, 0.25) is 5.02 Å². The Morgan fingerprint density at radius 1 is 1.20 bits per heavy atom. The molecule has 0 radical (unpaired) electrons. The van der Waals surface area contributed by atoms with E-state index in [1.54, 1.807) is 18.2 Å². The lowest BCUT2D eigenvalue weighted by Crippen LogP contribution is -2.44. The molecular weight excluding hydrogens is 362 g/mol. The van der Waals surface area contributed by atoms with Crippen molar-refractivity contribution in [3.05, 3.63) is 53.3 Å². The highest BCUT2D eigenvalue weighted by Gasteiger charge is 2.27. The lowest BCUT2D eigenvalue weighted by molar-refractivity contribution is 0.0158. The maximum absolute atomic E-state index is 12.6. The minimum atomic E-state index is -3.68. The number of sulfonamides is 1. The molecule has 1 atom stereocenters. The summed E-state index contributed by atoms with van der Waals surface area (Å²) >= 11 is 6.05. The molecule has 0 saturated carbocycles. The van der Waals surface area contributed by atoms with Gasteiger partial charge in [-0.3, -0.25) is 4.90 Å². The smallest absolute Gasteiger partial charge is 0.242 e. The van der Waals surface area contributed by atoms with Crippen LogP contribution in [0, 0.1) is 0 Å². The zero-order valence-corrected chi connectivity index (χ0v) is 15.6. The number of rotatable bonds is 6. The van der Waals surface area contributed by atoms with Gasteiger partial charge in [0.2, 0.25) is 10.0 Å². The highest BCUT2D eigenvalue weighted by molar-refractivity contribution is 7.89. The van der Waals surface area contributed by atoms with Crippen molar-refractivity contribution in [3.63, 3.8) is 0 Å². The molecule has 6 nitrogen and oxygen atoms in total. The number of benzene rings is 1. The minimum absolute atomic E-state index is 0.0684. The number of nitrogens with zero attached hydrogens (tertiary/aromatic N) is 2. The van der Waals surface area contributed by atoms with E-state index in [2.05, 4.69) is 9.62 Å². The molecule has 1 fully saturated rings. The molecule has 3 rings (SSSR count). The molecule has 1 aliphatic heterocycles. The van der Waals surface area contributed by atoms with Crippen LogP contribution in [0.5, 0.6) is 0 Å². The van der Waals surface area contributed by atoms with E-state index in [1.807, 2.05) is 29.9 Å². The monoisotopic (exact) mass is 383 g/mol. The summed E-state index contributed by atoms with van der Waals surface area (Å²) in [5.41, 5.74) is 1.06. The van der Waals surface area contributed by atoms with Gasteiger partial charge in [0, 0.05) is 38.6 Å². The van der Waals surface area contributed by atoms with E-state index in [-0.39, 0.29) is 22.5 Å². The summed E-state index contributed by atoms with van der Waals surface area (Å²) in [6.07, 6.45) is 1.96. The van der Waals surface area contributed by atoms with E-state index in [0.717, 1.165) is 18.8 Å². The summed E-state index contributed by atoms with van der Waals surface area (Å²) in [7, 11) is -1.71. The zero-order chi connectivity index (χ0) is 17.9. The zero-order valence-electron chi connectivity index (χ0n) is 14.1. The van der Waals surface area contributed by atoms with Gasteiger partial charge in [-0.2, -0.15) is 0 Å². The summed E-state index contributed by atoms with van der Waals surface area (Å²) in [5.74, 6) is 0. The first-order chi connectivity index (χ1) is 12.0. The van der Waals surface area contributed by atoms with Crippen LogP contribution in [0.4, 0.5) is 0 Å². The first kappa shape index (κ1) is 18.4. The van der Waals surface area contributed by atoms with Crippen LogP contribution in [-0.4, -0.2) is 50.7 Å². The van der Waals surface area contributed by atoms with Crippen molar-refractivity contribution in [2.45, 2.75) is 10.9 Å². The van der Waals surface area contributed by atoms with Crippen molar-refractivity contribution in [2.75, 3.05) is 32.8 Å². The number of aromatic nitrogens is 1. The van der Waals surface area contributed by atoms with E-state index in [9.17, 15) is 8.42 Å². The number of hydrogen-bond donors (Lipinski definition) is 1. The molecule has 1 aliphatic rings. The fraction of sp³-hybridized carbons (Fsp3) is 0.412. The van der Waals surface area contributed by atoms with E-state index in [0.29, 0.717) is 13.2 Å². The van der Waals surface area contributed by atoms with Crippen molar-refractivity contribution in [1.29, 1.82) is 0 Å². The largest absolute Gasteiger partial charge is 0.379 e. The second kappa shape index (κ2) is 7.88.